The van der Waals surface area contributed by atoms with Gasteiger partial charge >= 0.3 is 0 Å². The third-order valence-corrected chi connectivity index (χ3v) is 4.22. The molecule has 23 heavy (non-hydrogen) atoms. The van der Waals surface area contributed by atoms with E-state index in [-0.39, 0.29) is 11.8 Å². The van der Waals surface area contributed by atoms with E-state index in [4.69, 9.17) is 16.3 Å². The Hall–Kier alpha value is -2.53. The lowest BCUT2D eigenvalue weighted by atomic mass is 10.1. The second kappa shape index (κ2) is 5.28. The van der Waals surface area contributed by atoms with Crippen LogP contribution in [-0.4, -0.2) is 17.9 Å². The summed E-state index contributed by atoms with van der Waals surface area (Å²) in [5.41, 5.74) is 3.27. The second-order valence-corrected chi connectivity index (χ2v) is 6.09. The molecule has 1 atom stereocenters. The number of fused-ring (bicyclic) bond motifs is 2. The van der Waals surface area contributed by atoms with E-state index in [2.05, 4.69) is 10.6 Å². The Kier molecular flexibility index (Phi) is 3.23. The van der Waals surface area contributed by atoms with Gasteiger partial charge in [0.25, 0.3) is 5.91 Å². The Labute approximate surface area is 137 Å². The maximum absolute atomic E-state index is 12.4. The molecule has 116 valence electrons. The molecule has 0 aromatic heterocycles. The molecular formula is C17H13ClN2O3. The number of carbonyl (C=O) groups is 2. The third-order valence-electron chi connectivity index (χ3n) is 3.99. The standard InChI is InChI=1S/C17H13ClN2O3/c18-11-1-4-14-10(5-11)7-15(23-14)17(22)19-12-2-3-13-9(6-12)8-16(21)20-13/h1-6,15H,7-8H2,(H,19,22)(H,20,21)/t15-/m0/s1. The number of anilines is 2. The molecule has 4 rings (SSSR count). The number of nitrogens with one attached hydrogen (secondary N) is 2. The Balaban J connectivity index is 1.47. The van der Waals surface area contributed by atoms with Crippen molar-refractivity contribution in [2.45, 2.75) is 18.9 Å². The Bertz CT molecular complexity index is 835. The number of halogens is 1. The molecule has 0 radical (unpaired) electrons. The van der Waals surface area contributed by atoms with Gasteiger partial charge in [-0.15, -0.1) is 0 Å². The minimum atomic E-state index is -0.573. The monoisotopic (exact) mass is 328 g/mol. The van der Waals surface area contributed by atoms with E-state index >= 15 is 0 Å². The summed E-state index contributed by atoms with van der Waals surface area (Å²) >= 11 is 5.96. The van der Waals surface area contributed by atoms with E-state index in [9.17, 15) is 9.59 Å². The molecule has 0 fully saturated rings. The average molecular weight is 329 g/mol. The highest BCUT2D eigenvalue weighted by Gasteiger charge is 2.29. The zero-order chi connectivity index (χ0) is 16.0. The summed E-state index contributed by atoms with van der Waals surface area (Å²) < 4.78 is 5.67. The summed E-state index contributed by atoms with van der Waals surface area (Å²) in [4.78, 5) is 23.7. The highest BCUT2D eigenvalue weighted by molar-refractivity contribution is 6.30. The number of rotatable bonds is 2. The van der Waals surface area contributed by atoms with Crippen molar-refractivity contribution in [1.82, 2.24) is 0 Å². The van der Waals surface area contributed by atoms with E-state index in [1.54, 1.807) is 24.3 Å². The van der Waals surface area contributed by atoms with Crippen LogP contribution in [-0.2, 0) is 22.4 Å². The minimum absolute atomic E-state index is 0.0325. The van der Waals surface area contributed by atoms with Crippen LogP contribution >= 0.6 is 11.6 Å². The maximum Gasteiger partial charge on any atom is 0.265 e. The van der Waals surface area contributed by atoms with Crippen LogP contribution in [0.15, 0.2) is 36.4 Å². The van der Waals surface area contributed by atoms with Gasteiger partial charge in [-0.3, -0.25) is 9.59 Å². The van der Waals surface area contributed by atoms with Crippen LogP contribution in [0.1, 0.15) is 11.1 Å². The Morgan fingerprint density at radius 1 is 1.22 bits per heavy atom. The molecule has 0 saturated carbocycles. The van der Waals surface area contributed by atoms with Gasteiger partial charge in [0, 0.05) is 22.8 Å². The summed E-state index contributed by atoms with van der Waals surface area (Å²) in [5.74, 6) is 0.447. The summed E-state index contributed by atoms with van der Waals surface area (Å²) in [5, 5.41) is 6.23. The van der Waals surface area contributed by atoms with Crippen molar-refractivity contribution >= 4 is 34.8 Å². The summed E-state index contributed by atoms with van der Waals surface area (Å²) in [6, 6.07) is 10.7. The van der Waals surface area contributed by atoms with Gasteiger partial charge in [0.1, 0.15) is 5.75 Å². The first kappa shape index (κ1) is 14.1. The predicted octanol–water partition coefficient (Wildman–Crippen LogP) is 2.78. The van der Waals surface area contributed by atoms with Gasteiger partial charge in [-0.05, 0) is 47.5 Å². The van der Waals surface area contributed by atoms with Gasteiger partial charge in [0.2, 0.25) is 5.91 Å². The number of benzene rings is 2. The van der Waals surface area contributed by atoms with Gasteiger partial charge in [-0.1, -0.05) is 11.6 Å². The fraction of sp³-hybridized carbons (Fsp3) is 0.176. The summed E-state index contributed by atoms with van der Waals surface area (Å²) in [6.45, 7) is 0. The molecule has 2 aliphatic rings. The van der Waals surface area contributed by atoms with Gasteiger partial charge in [0.15, 0.2) is 6.10 Å². The van der Waals surface area contributed by atoms with E-state index in [0.717, 1.165) is 16.8 Å². The highest BCUT2D eigenvalue weighted by Crippen LogP contribution is 2.32. The van der Waals surface area contributed by atoms with Crippen LogP contribution in [0, 0.1) is 0 Å². The second-order valence-electron chi connectivity index (χ2n) is 5.65. The number of hydrogen-bond acceptors (Lipinski definition) is 3. The zero-order valence-corrected chi connectivity index (χ0v) is 12.8. The minimum Gasteiger partial charge on any atom is -0.480 e. The van der Waals surface area contributed by atoms with Gasteiger partial charge in [-0.2, -0.15) is 0 Å². The number of amides is 2. The molecule has 2 N–H and O–H groups in total. The van der Waals surface area contributed by atoms with Gasteiger partial charge in [0.05, 0.1) is 6.42 Å². The average Bonchev–Trinajstić information content (AvgIpc) is 3.08. The van der Waals surface area contributed by atoms with Crippen LogP contribution in [0.5, 0.6) is 5.75 Å². The third kappa shape index (κ3) is 2.64. The lowest BCUT2D eigenvalue weighted by Crippen LogP contribution is -2.31. The highest BCUT2D eigenvalue weighted by atomic mass is 35.5. The molecule has 6 heteroatoms. The first-order chi connectivity index (χ1) is 11.1. The Morgan fingerprint density at radius 2 is 2.09 bits per heavy atom. The van der Waals surface area contributed by atoms with E-state index < -0.39 is 6.10 Å². The smallest absolute Gasteiger partial charge is 0.265 e. The van der Waals surface area contributed by atoms with Crippen molar-refractivity contribution in [1.29, 1.82) is 0 Å². The van der Waals surface area contributed by atoms with Crippen LogP contribution in [0.4, 0.5) is 11.4 Å². The largest absolute Gasteiger partial charge is 0.480 e. The molecule has 2 heterocycles. The topological polar surface area (TPSA) is 67.4 Å². The Morgan fingerprint density at radius 3 is 2.96 bits per heavy atom. The first-order valence-corrected chi connectivity index (χ1v) is 7.65. The quantitative estimate of drug-likeness (QED) is 0.890. The SMILES string of the molecule is O=C1Cc2cc(NC(=O)[C@@H]3Cc4cc(Cl)ccc4O3)ccc2N1. The van der Waals surface area contributed by atoms with Gasteiger partial charge < -0.3 is 15.4 Å². The predicted molar refractivity (Wildman–Crippen MR) is 87.0 cm³/mol. The molecule has 0 saturated heterocycles. The van der Waals surface area contributed by atoms with E-state index in [0.29, 0.717) is 29.3 Å². The van der Waals surface area contributed by atoms with E-state index in [1.807, 2.05) is 12.1 Å². The molecule has 0 bridgehead atoms. The first-order valence-electron chi connectivity index (χ1n) is 7.27. The van der Waals surface area contributed by atoms with Crippen molar-refractivity contribution in [3.63, 3.8) is 0 Å². The molecule has 0 spiro atoms. The fourth-order valence-corrected chi connectivity index (χ4v) is 3.09. The van der Waals surface area contributed by atoms with E-state index in [1.165, 1.54) is 0 Å². The van der Waals surface area contributed by atoms with Crippen LogP contribution < -0.4 is 15.4 Å². The van der Waals surface area contributed by atoms with Crippen LogP contribution in [0.3, 0.4) is 0 Å². The van der Waals surface area contributed by atoms with Gasteiger partial charge in [-0.25, -0.2) is 0 Å². The van der Waals surface area contributed by atoms with Crippen LogP contribution in [0.2, 0.25) is 5.02 Å². The molecule has 2 aliphatic heterocycles. The lowest BCUT2D eigenvalue weighted by molar-refractivity contribution is -0.122. The number of hydrogen-bond donors (Lipinski definition) is 2. The maximum atomic E-state index is 12.4. The summed E-state index contributed by atoms with van der Waals surface area (Å²) in [7, 11) is 0. The van der Waals surface area contributed by atoms with Crippen LogP contribution in [0.25, 0.3) is 0 Å². The molecule has 0 unspecified atom stereocenters. The van der Waals surface area contributed by atoms with Crippen molar-refractivity contribution in [2.75, 3.05) is 10.6 Å². The van der Waals surface area contributed by atoms with Crippen molar-refractivity contribution in [3.05, 3.63) is 52.5 Å². The molecular weight excluding hydrogens is 316 g/mol. The number of ether oxygens (including phenoxy) is 1. The molecule has 2 amide bonds. The normalized spacial score (nSPS) is 18.0. The molecule has 0 aliphatic carbocycles. The zero-order valence-electron chi connectivity index (χ0n) is 12.1. The number of carbonyl (C=O) groups excluding carboxylic acids is 2. The van der Waals surface area contributed by atoms with Crippen molar-refractivity contribution in [2.24, 2.45) is 0 Å². The van der Waals surface area contributed by atoms with Crippen molar-refractivity contribution < 1.29 is 14.3 Å². The summed E-state index contributed by atoms with van der Waals surface area (Å²) in [6.07, 6.45) is 0.256. The molecule has 5 nitrogen and oxygen atoms in total. The lowest BCUT2D eigenvalue weighted by Gasteiger charge is -2.12. The fourth-order valence-electron chi connectivity index (χ4n) is 2.89. The van der Waals surface area contributed by atoms with Crippen molar-refractivity contribution in [3.8, 4) is 5.75 Å². The molecule has 2 aromatic rings. The molecule has 2 aromatic carbocycles.